The summed E-state index contributed by atoms with van der Waals surface area (Å²) in [6.07, 6.45) is 44.0. The Bertz CT molecular complexity index is 868. The van der Waals surface area contributed by atoms with E-state index < -0.39 is 13.9 Å². The number of phosphoric acid groups is 1. The van der Waals surface area contributed by atoms with E-state index in [4.69, 9.17) is 18.5 Å². The van der Waals surface area contributed by atoms with Crippen LogP contribution in [0.15, 0.2) is 0 Å². The summed E-state index contributed by atoms with van der Waals surface area (Å²) in [5.74, 6) is -0.326. The molecule has 9 heteroatoms. The van der Waals surface area contributed by atoms with Crippen LogP contribution in [0, 0.1) is 0 Å². The van der Waals surface area contributed by atoms with E-state index in [1.54, 1.807) is 0 Å². The Morgan fingerprint density at radius 1 is 0.482 bits per heavy atom. The van der Waals surface area contributed by atoms with Gasteiger partial charge in [0.15, 0.2) is 0 Å². The molecule has 0 aliphatic rings. The fraction of sp³-hybridized carbons (Fsp3) is 0.979. The number of hydrogen-bond acceptors (Lipinski definition) is 7. The normalized spacial score (nSPS) is 13.6. The molecule has 2 unspecified atom stereocenters. The highest BCUT2D eigenvalue weighted by atomic mass is 31.2. The molecule has 0 aromatic rings. The highest BCUT2D eigenvalue weighted by Gasteiger charge is 2.20. The van der Waals surface area contributed by atoms with Crippen molar-refractivity contribution in [2.24, 2.45) is 0 Å². The second kappa shape index (κ2) is 41.2. The Labute approximate surface area is 348 Å². The number of hydrogen-bond donors (Lipinski definition) is 0. The molecule has 0 saturated heterocycles. The molecule has 0 amide bonds. The number of unbranched alkanes of at least 4 members (excludes halogenated alkanes) is 32. The number of rotatable bonds is 46. The molecule has 0 aromatic heterocycles. The first-order valence-electron chi connectivity index (χ1n) is 24.3. The summed E-state index contributed by atoms with van der Waals surface area (Å²) >= 11 is 0. The number of carbonyl (C=O) groups excluding carboxylic acids is 1. The molecule has 0 aromatic carbocycles. The minimum Gasteiger partial charge on any atom is -0.756 e. The number of likely N-dealkylation sites (N-methyl/N-ethyl adjacent to an activating group) is 1. The van der Waals surface area contributed by atoms with Gasteiger partial charge < -0.3 is 27.9 Å². The highest BCUT2D eigenvalue weighted by molar-refractivity contribution is 7.45. The molecule has 0 aliphatic heterocycles. The third-order valence-corrected chi connectivity index (χ3v) is 11.9. The van der Waals surface area contributed by atoms with Crippen LogP contribution < -0.4 is 4.89 Å². The number of esters is 1. The van der Waals surface area contributed by atoms with Gasteiger partial charge in [-0.1, -0.05) is 219 Å². The Morgan fingerprint density at radius 2 is 0.821 bits per heavy atom. The zero-order valence-electron chi connectivity index (χ0n) is 38.1. The summed E-state index contributed by atoms with van der Waals surface area (Å²) in [6, 6.07) is 0. The molecule has 0 heterocycles. The largest absolute Gasteiger partial charge is 0.756 e. The Kier molecular flexibility index (Phi) is 40.9. The van der Waals surface area contributed by atoms with Crippen molar-refractivity contribution in [1.82, 2.24) is 0 Å². The van der Waals surface area contributed by atoms with E-state index in [9.17, 15) is 14.3 Å². The fourth-order valence-electron chi connectivity index (χ4n) is 7.14. The van der Waals surface area contributed by atoms with Crippen LogP contribution in [0.4, 0.5) is 0 Å². The summed E-state index contributed by atoms with van der Waals surface area (Å²) < 4.78 is 34.7. The van der Waals surface area contributed by atoms with Gasteiger partial charge in [-0.2, -0.15) is 0 Å². The van der Waals surface area contributed by atoms with Crippen molar-refractivity contribution in [3.05, 3.63) is 0 Å². The van der Waals surface area contributed by atoms with Crippen molar-refractivity contribution < 1.29 is 37.3 Å². The molecule has 0 radical (unpaired) electrons. The molecular weight excluding hydrogens is 721 g/mol. The molecular formula is C47H96NO7P. The van der Waals surface area contributed by atoms with Gasteiger partial charge in [0.05, 0.1) is 34.4 Å². The van der Waals surface area contributed by atoms with E-state index in [0.29, 0.717) is 24.1 Å². The van der Waals surface area contributed by atoms with Gasteiger partial charge in [0.25, 0.3) is 7.82 Å². The number of carbonyl (C=O) groups is 1. The van der Waals surface area contributed by atoms with E-state index in [1.807, 2.05) is 21.1 Å². The van der Waals surface area contributed by atoms with Crippen LogP contribution in [0.5, 0.6) is 0 Å². The third-order valence-electron chi connectivity index (χ3n) is 10.9. The smallest absolute Gasteiger partial charge is 0.306 e. The Balaban J connectivity index is 4.13. The minimum atomic E-state index is -4.52. The lowest BCUT2D eigenvalue weighted by molar-refractivity contribution is -0.870. The van der Waals surface area contributed by atoms with Gasteiger partial charge in [0.1, 0.15) is 19.3 Å². The lowest BCUT2D eigenvalue weighted by atomic mass is 10.0. The van der Waals surface area contributed by atoms with E-state index in [2.05, 4.69) is 13.8 Å². The van der Waals surface area contributed by atoms with E-state index in [-0.39, 0.29) is 25.8 Å². The first-order valence-corrected chi connectivity index (χ1v) is 25.7. The molecule has 336 valence electrons. The zero-order chi connectivity index (χ0) is 41.3. The molecule has 0 N–H and O–H groups in total. The first kappa shape index (κ1) is 55.5. The lowest BCUT2D eigenvalue weighted by Crippen LogP contribution is -2.37. The van der Waals surface area contributed by atoms with Crippen LogP contribution >= 0.6 is 7.82 Å². The van der Waals surface area contributed by atoms with Crippen molar-refractivity contribution in [2.75, 3.05) is 54.1 Å². The van der Waals surface area contributed by atoms with E-state index in [0.717, 1.165) is 32.1 Å². The molecule has 0 aliphatic carbocycles. The monoisotopic (exact) mass is 818 g/mol. The maximum Gasteiger partial charge on any atom is 0.306 e. The predicted molar refractivity (Wildman–Crippen MR) is 236 cm³/mol. The number of quaternary nitrogens is 1. The highest BCUT2D eigenvalue weighted by Crippen LogP contribution is 2.38. The fourth-order valence-corrected chi connectivity index (χ4v) is 7.87. The molecule has 0 saturated carbocycles. The molecule has 0 rings (SSSR count). The van der Waals surface area contributed by atoms with Crippen LogP contribution in [-0.2, 0) is 27.9 Å². The van der Waals surface area contributed by atoms with Gasteiger partial charge in [-0.15, -0.1) is 0 Å². The zero-order valence-corrected chi connectivity index (χ0v) is 39.0. The Morgan fingerprint density at radius 3 is 1.18 bits per heavy atom. The standard InChI is InChI=1S/C47H96NO7P/c1-6-8-10-12-14-16-18-20-22-24-26-28-30-32-34-36-38-40-47(49)55-46(45-54-56(50,51)53-43-41-48(3,4)5)44-52-42-39-37-35-33-31-29-27-25-23-21-19-17-15-13-11-9-7-2/h46H,6-45H2,1-5H3. The Hall–Kier alpha value is -0.500. The van der Waals surface area contributed by atoms with Gasteiger partial charge in [-0.05, 0) is 12.8 Å². The number of nitrogens with zero attached hydrogens (tertiary/aromatic N) is 1. The van der Waals surface area contributed by atoms with Crippen molar-refractivity contribution in [1.29, 1.82) is 0 Å². The van der Waals surface area contributed by atoms with Gasteiger partial charge in [-0.3, -0.25) is 9.36 Å². The second-order valence-electron chi connectivity index (χ2n) is 17.8. The third kappa shape index (κ3) is 44.6. The van der Waals surface area contributed by atoms with Crippen LogP contribution in [0.3, 0.4) is 0 Å². The number of phosphoric ester groups is 1. The summed E-state index contributed by atoms with van der Waals surface area (Å²) in [7, 11) is 1.38. The molecule has 0 fully saturated rings. The topological polar surface area (TPSA) is 94.1 Å². The van der Waals surface area contributed by atoms with Gasteiger partial charge >= 0.3 is 5.97 Å². The van der Waals surface area contributed by atoms with Crippen LogP contribution in [0.2, 0.25) is 0 Å². The molecule has 0 bridgehead atoms. The maximum absolute atomic E-state index is 12.7. The van der Waals surface area contributed by atoms with E-state index in [1.165, 1.54) is 186 Å². The first-order chi connectivity index (χ1) is 27.1. The van der Waals surface area contributed by atoms with Crippen LogP contribution in [0.25, 0.3) is 0 Å². The SMILES string of the molecule is CCCCCCCCCCCCCCCCCCCOCC(COP(=O)([O-])OCC[N+](C)(C)C)OC(=O)CCCCCCCCCCCCCCCCCCC. The molecule has 8 nitrogen and oxygen atoms in total. The maximum atomic E-state index is 12.7. The average molecular weight is 818 g/mol. The number of ether oxygens (including phenoxy) is 2. The molecule has 0 spiro atoms. The van der Waals surface area contributed by atoms with E-state index >= 15 is 0 Å². The van der Waals surface area contributed by atoms with Crippen LogP contribution in [0.1, 0.15) is 239 Å². The van der Waals surface area contributed by atoms with Gasteiger partial charge in [0.2, 0.25) is 0 Å². The van der Waals surface area contributed by atoms with Crippen molar-refractivity contribution in [2.45, 2.75) is 245 Å². The summed E-state index contributed by atoms with van der Waals surface area (Å²) in [5.41, 5.74) is 0. The minimum absolute atomic E-state index is 0.0316. The quantitative estimate of drug-likeness (QED) is 0.0261. The van der Waals surface area contributed by atoms with Gasteiger partial charge in [0, 0.05) is 13.0 Å². The summed E-state index contributed by atoms with van der Waals surface area (Å²) in [6.45, 7) is 5.48. The molecule has 56 heavy (non-hydrogen) atoms. The molecule has 2 atom stereocenters. The predicted octanol–water partition coefficient (Wildman–Crippen LogP) is 13.8. The van der Waals surface area contributed by atoms with Gasteiger partial charge in [-0.25, -0.2) is 0 Å². The average Bonchev–Trinajstić information content (AvgIpc) is 3.15. The second-order valence-corrected chi connectivity index (χ2v) is 19.3. The summed E-state index contributed by atoms with van der Waals surface area (Å²) in [5, 5.41) is 0. The van der Waals surface area contributed by atoms with Crippen molar-refractivity contribution in [3.63, 3.8) is 0 Å². The van der Waals surface area contributed by atoms with Crippen LogP contribution in [-0.4, -0.2) is 70.7 Å². The lowest BCUT2D eigenvalue weighted by Gasteiger charge is -2.28. The van der Waals surface area contributed by atoms with Crippen molar-refractivity contribution in [3.8, 4) is 0 Å². The van der Waals surface area contributed by atoms with Crippen molar-refractivity contribution >= 4 is 13.8 Å². The summed E-state index contributed by atoms with van der Waals surface area (Å²) in [4.78, 5) is 25.1.